The molecule has 0 unspecified atom stereocenters. The summed E-state index contributed by atoms with van der Waals surface area (Å²) in [6.45, 7) is 6.41. The first kappa shape index (κ1) is 21.1. The molecule has 1 amide bonds. The standard InChI is InChI=1S/C21H28N2O3S/c1-5-16-10-12-17(13-11-16)21(15(2)3)22-14-20(24)23-18-8-6-7-9-19(18)27(4,25)26/h6-13,15,21-22H,5,14H2,1-4H3,(H,23,24)/t21-/m1/s1. The number of anilines is 1. The van der Waals surface area contributed by atoms with E-state index in [0.29, 0.717) is 11.6 Å². The maximum Gasteiger partial charge on any atom is 0.238 e. The van der Waals surface area contributed by atoms with Crippen LogP contribution in [0.2, 0.25) is 0 Å². The van der Waals surface area contributed by atoms with Crippen LogP contribution in [-0.2, 0) is 21.1 Å². The van der Waals surface area contributed by atoms with Gasteiger partial charge in [0.1, 0.15) is 0 Å². The second-order valence-electron chi connectivity index (χ2n) is 7.01. The number of benzene rings is 2. The van der Waals surface area contributed by atoms with Gasteiger partial charge in [-0.05, 0) is 35.6 Å². The lowest BCUT2D eigenvalue weighted by Crippen LogP contribution is -2.33. The Hall–Kier alpha value is -2.18. The van der Waals surface area contributed by atoms with Crippen molar-refractivity contribution in [3.8, 4) is 0 Å². The van der Waals surface area contributed by atoms with Crippen LogP contribution in [0.5, 0.6) is 0 Å². The number of hydrogen-bond acceptors (Lipinski definition) is 4. The number of sulfone groups is 1. The second-order valence-corrected chi connectivity index (χ2v) is 9.00. The van der Waals surface area contributed by atoms with Crippen molar-refractivity contribution in [2.24, 2.45) is 5.92 Å². The molecule has 2 N–H and O–H groups in total. The molecule has 0 saturated heterocycles. The van der Waals surface area contributed by atoms with E-state index in [2.05, 4.69) is 55.7 Å². The van der Waals surface area contributed by atoms with E-state index in [-0.39, 0.29) is 23.4 Å². The first-order chi connectivity index (χ1) is 12.7. The van der Waals surface area contributed by atoms with Crippen LogP contribution in [0.4, 0.5) is 5.69 Å². The highest BCUT2D eigenvalue weighted by atomic mass is 32.2. The van der Waals surface area contributed by atoms with Crippen LogP contribution in [0, 0.1) is 5.92 Å². The Bertz CT molecular complexity index is 875. The zero-order chi connectivity index (χ0) is 20.0. The molecule has 0 aromatic heterocycles. The van der Waals surface area contributed by atoms with Crippen molar-refractivity contribution in [1.29, 1.82) is 0 Å². The second kappa shape index (κ2) is 9.15. The lowest BCUT2D eigenvalue weighted by atomic mass is 9.95. The predicted molar refractivity (Wildman–Crippen MR) is 110 cm³/mol. The predicted octanol–water partition coefficient (Wildman–Crippen LogP) is 3.58. The van der Waals surface area contributed by atoms with Crippen molar-refractivity contribution in [3.05, 3.63) is 59.7 Å². The lowest BCUT2D eigenvalue weighted by molar-refractivity contribution is -0.115. The van der Waals surface area contributed by atoms with Crippen molar-refractivity contribution >= 4 is 21.4 Å². The highest BCUT2D eigenvalue weighted by Crippen LogP contribution is 2.23. The van der Waals surface area contributed by atoms with Crippen molar-refractivity contribution < 1.29 is 13.2 Å². The number of nitrogens with one attached hydrogen (secondary N) is 2. The minimum atomic E-state index is -3.41. The zero-order valence-electron chi connectivity index (χ0n) is 16.3. The van der Waals surface area contributed by atoms with Gasteiger partial charge in [-0.25, -0.2) is 8.42 Å². The van der Waals surface area contributed by atoms with Gasteiger partial charge in [-0.1, -0.05) is 57.2 Å². The molecule has 0 radical (unpaired) electrons. The summed E-state index contributed by atoms with van der Waals surface area (Å²) in [4.78, 5) is 12.5. The molecule has 146 valence electrons. The molecule has 0 saturated carbocycles. The Morgan fingerprint density at radius 2 is 1.67 bits per heavy atom. The summed E-state index contributed by atoms with van der Waals surface area (Å²) in [6.07, 6.45) is 2.12. The molecule has 0 heterocycles. The third-order valence-electron chi connectivity index (χ3n) is 4.46. The Labute approximate surface area is 162 Å². The molecule has 2 aromatic carbocycles. The number of carbonyl (C=O) groups excluding carboxylic acids is 1. The van der Waals surface area contributed by atoms with Gasteiger partial charge in [0, 0.05) is 12.3 Å². The first-order valence-corrected chi connectivity index (χ1v) is 11.0. The van der Waals surface area contributed by atoms with E-state index in [1.165, 1.54) is 11.6 Å². The summed E-state index contributed by atoms with van der Waals surface area (Å²) in [7, 11) is -3.41. The van der Waals surface area contributed by atoms with Gasteiger partial charge in [0.05, 0.1) is 17.1 Å². The van der Waals surface area contributed by atoms with Crippen LogP contribution in [0.1, 0.15) is 37.9 Å². The highest BCUT2D eigenvalue weighted by molar-refractivity contribution is 7.90. The van der Waals surface area contributed by atoms with Gasteiger partial charge in [0.15, 0.2) is 9.84 Å². The molecule has 2 rings (SSSR count). The molecular formula is C21H28N2O3S. The Balaban J connectivity index is 2.07. The van der Waals surface area contributed by atoms with E-state index < -0.39 is 9.84 Å². The third-order valence-corrected chi connectivity index (χ3v) is 5.61. The quantitative estimate of drug-likeness (QED) is 0.725. The van der Waals surface area contributed by atoms with Gasteiger partial charge in [-0.3, -0.25) is 4.79 Å². The molecular weight excluding hydrogens is 360 g/mol. The summed E-state index contributed by atoms with van der Waals surface area (Å²) in [5.41, 5.74) is 2.71. The molecule has 0 fully saturated rings. The number of aryl methyl sites for hydroxylation is 1. The van der Waals surface area contributed by atoms with E-state index in [0.717, 1.165) is 18.2 Å². The molecule has 27 heavy (non-hydrogen) atoms. The van der Waals surface area contributed by atoms with Gasteiger partial charge in [-0.2, -0.15) is 0 Å². The molecule has 0 aliphatic heterocycles. The van der Waals surface area contributed by atoms with E-state index in [1.807, 2.05) is 0 Å². The molecule has 6 heteroatoms. The highest BCUT2D eigenvalue weighted by Gasteiger charge is 2.18. The van der Waals surface area contributed by atoms with Gasteiger partial charge in [0.25, 0.3) is 0 Å². The Morgan fingerprint density at radius 1 is 1.04 bits per heavy atom. The summed E-state index contributed by atoms with van der Waals surface area (Å²) in [5, 5.41) is 5.99. The summed E-state index contributed by atoms with van der Waals surface area (Å²) < 4.78 is 23.7. The van der Waals surface area contributed by atoms with E-state index >= 15 is 0 Å². The molecule has 5 nitrogen and oxygen atoms in total. The topological polar surface area (TPSA) is 75.3 Å². The van der Waals surface area contributed by atoms with E-state index in [1.54, 1.807) is 18.2 Å². The van der Waals surface area contributed by atoms with Crippen LogP contribution >= 0.6 is 0 Å². The number of rotatable bonds is 8. The van der Waals surface area contributed by atoms with E-state index in [9.17, 15) is 13.2 Å². The number of para-hydroxylation sites is 1. The van der Waals surface area contributed by atoms with Crippen LogP contribution in [0.25, 0.3) is 0 Å². The summed E-state index contributed by atoms with van der Waals surface area (Å²) in [6, 6.07) is 14.8. The first-order valence-electron chi connectivity index (χ1n) is 9.13. The zero-order valence-corrected chi connectivity index (χ0v) is 17.1. The van der Waals surface area contributed by atoms with Crippen molar-refractivity contribution in [2.45, 2.75) is 38.1 Å². The average molecular weight is 389 g/mol. The maximum atomic E-state index is 12.4. The molecule has 0 aliphatic rings. The van der Waals surface area contributed by atoms with Crippen LogP contribution in [-0.4, -0.2) is 27.1 Å². The average Bonchev–Trinajstić information content (AvgIpc) is 2.61. The van der Waals surface area contributed by atoms with Crippen LogP contribution in [0.15, 0.2) is 53.4 Å². The van der Waals surface area contributed by atoms with Crippen LogP contribution < -0.4 is 10.6 Å². The monoisotopic (exact) mass is 388 g/mol. The van der Waals surface area contributed by atoms with Gasteiger partial charge in [-0.15, -0.1) is 0 Å². The molecule has 1 atom stereocenters. The summed E-state index contributed by atoms with van der Waals surface area (Å²) >= 11 is 0. The summed E-state index contributed by atoms with van der Waals surface area (Å²) in [5.74, 6) is 0.0236. The Morgan fingerprint density at radius 3 is 2.22 bits per heavy atom. The molecule has 0 spiro atoms. The van der Waals surface area contributed by atoms with E-state index in [4.69, 9.17) is 0 Å². The maximum absolute atomic E-state index is 12.4. The number of amides is 1. The molecule has 2 aromatic rings. The minimum absolute atomic E-state index is 0.0341. The molecule has 0 aliphatic carbocycles. The number of hydrogen-bond donors (Lipinski definition) is 2. The SMILES string of the molecule is CCc1ccc([C@H](NCC(=O)Nc2ccccc2S(C)(=O)=O)C(C)C)cc1. The van der Waals surface area contributed by atoms with Crippen molar-refractivity contribution in [2.75, 3.05) is 18.1 Å². The fourth-order valence-corrected chi connectivity index (χ4v) is 3.83. The normalized spacial score (nSPS) is 12.8. The third kappa shape index (κ3) is 5.91. The van der Waals surface area contributed by atoms with Gasteiger partial charge >= 0.3 is 0 Å². The largest absolute Gasteiger partial charge is 0.324 e. The Kier molecular flexibility index (Phi) is 7.16. The number of carbonyl (C=O) groups is 1. The smallest absolute Gasteiger partial charge is 0.238 e. The fraction of sp³-hybridized carbons (Fsp3) is 0.381. The van der Waals surface area contributed by atoms with Gasteiger partial charge in [0.2, 0.25) is 5.91 Å². The van der Waals surface area contributed by atoms with Gasteiger partial charge < -0.3 is 10.6 Å². The van der Waals surface area contributed by atoms with Crippen LogP contribution in [0.3, 0.4) is 0 Å². The molecule has 0 bridgehead atoms. The van der Waals surface area contributed by atoms with Crippen molar-refractivity contribution in [1.82, 2.24) is 5.32 Å². The fourth-order valence-electron chi connectivity index (χ4n) is 2.99. The minimum Gasteiger partial charge on any atom is -0.324 e. The van der Waals surface area contributed by atoms with Crippen molar-refractivity contribution in [3.63, 3.8) is 0 Å². The lowest BCUT2D eigenvalue weighted by Gasteiger charge is -2.23.